The Kier molecular flexibility index (Phi) is 4.45. The summed E-state index contributed by atoms with van der Waals surface area (Å²) in [6.45, 7) is -0.168. The second kappa shape index (κ2) is 5.62. The summed E-state index contributed by atoms with van der Waals surface area (Å²) in [5, 5.41) is 7.74. The van der Waals surface area contributed by atoms with Crippen molar-refractivity contribution in [3.63, 3.8) is 0 Å². The van der Waals surface area contributed by atoms with Crippen LogP contribution < -0.4 is 10.5 Å². The fourth-order valence-corrected chi connectivity index (χ4v) is 2.30. The van der Waals surface area contributed by atoms with Crippen molar-refractivity contribution in [1.82, 2.24) is 0 Å². The summed E-state index contributed by atoms with van der Waals surface area (Å²) >= 11 is 0. The average Bonchev–Trinajstić information content (AvgIpc) is 2.29. The van der Waals surface area contributed by atoms with Crippen molar-refractivity contribution in [3.8, 4) is 5.75 Å². The minimum absolute atomic E-state index is 0.168. The molecule has 0 bridgehead atoms. The second-order valence-electron chi connectivity index (χ2n) is 3.04. The van der Waals surface area contributed by atoms with Crippen molar-refractivity contribution in [2.75, 3.05) is 13.7 Å². The van der Waals surface area contributed by atoms with E-state index in [0.29, 0.717) is 10.6 Å². The van der Waals surface area contributed by atoms with Gasteiger partial charge in [0, 0.05) is 11.4 Å². The van der Waals surface area contributed by atoms with Gasteiger partial charge < -0.3 is 15.6 Å². The molecule has 0 amide bonds. The average molecular weight is 243 g/mol. The minimum Gasteiger partial charge on any atom is -0.497 e. The van der Waals surface area contributed by atoms with Gasteiger partial charge in [-0.1, -0.05) is 6.07 Å². The van der Waals surface area contributed by atoms with Gasteiger partial charge in [0.1, 0.15) is 11.0 Å². The summed E-state index contributed by atoms with van der Waals surface area (Å²) in [4.78, 5) is 11.2. The van der Waals surface area contributed by atoms with E-state index in [4.69, 9.17) is 15.6 Å². The van der Waals surface area contributed by atoms with E-state index < -0.39 is 22.0 Å². The van der Waals surface area contributed by atoms with Crippen LogP contribution in [0.1, 0.15) is 0 Å². The van der Waals surface area contributed by atoms with Gasteiger partial charge in [-0.15, -0.1) is 0 Å². The Bertz CT molecular complexity index is 408. The first-order valence-electron chi connectivity index (χ1n) is 4.57. The van der Waals surface area contributed by atoms with Crippen LogP contribution in [0.25, 0.3) is 0 Å². The number of carboxylic acid groups (broad SMARTS) is 1. The molecule has 0 aliphatic rings. The maximum atomic E-state index is 11.9. The summed E-state index contributed by atoms with van der Waals surface area (Å²) in [6, 6.07) is 6.48. The predicted molar refractivity (Wildman–Crippen MR) is 59.9 cm³/mol. The van der Waals surface area contributed by atoms with Gasteiger partial charge in [0.25, 0.3) is 0 Å². The van der Waals surface area contributed by atoms with Crippen LogP contribution in [0.4, 0.5) is 0 Å². The highest BCUT2D eigenvalue weighted by Gasteiger charge is 2.24. The smallest absolute Gasteiger partial charge is 0.320 e. The number of methoxy groups -OCH3 is 1. The van der Waals surface area contributed by atoms with Crippen molar-refractivity contribution in [2.24, 2.45) is 5.73 Å². The maximum absolute atomic E-state index is 11.9. The van der Waals surface area contributed by atoms with Crippen molar-refractivity contribution in [2.45, 2.75) is 10.1 Å². The molecule has 0 spiro atoms. The maximum Gasteiger partial charge on any atom is 0.320 e. The highest BCUT2D eigenvalue weighted by molar-refractivity contribution is 7.86. The third-order valence-corrected chi connectivity index (χ3v) is 3.65. The molecule has 6 heteroatoms. The highest BCUT2D eigenvalue weighted by atomic mass is 32.2. The number of hydrogen-bond acceptors (Lipinski definition) is 4. The number of carbonyl (C=O) groups is 1. The Morgan fingerprint density at radius 1 is 1.62 bits per heavy atom. The fourth-order valence-electron chi connectivity index (χ4n) is 1.17. The van der Waals surface area contributed by atoms with Gasteiger partial charge in [-0.3, -0.25) is 9.00 Å². The van der Waals surface area contributed by atoms with Gasteiger partial charge in [0.15, 0.2) is 0 Å². The largest absolute Gasteiger partial charge is 0.497 e. The molecule has 0 fully saturated rings. The quantitative estimate of drug-likeness (QED) is 0.772. The number of aliphatic carboxylic acids is 1. The van der Waals surface area contributed by atoms with Crippen LogP contribution in [0, 0.1) is 0 Å². The zero-order valence-corrected chi connectivity index (χ0v) is 9.57. The molecule has 2 unspecified atom stereocenters. The second-order valence-corrected chi connectivity index (χ2v) is 4.67. The lowest BCUT2D eigenvalue weighted by molar-refractivity contribution is -0.136. The van der Waals surface area contributed by atoms with E-state index >= 15 is 0 Å². The fraction of sp³-hybridized carbons (Fsp3) is 0.300. The Labute approximate surface area is 95.7 Å². The van der Waals surface area contributed by atoms with Crippen LogP contribution >= 0.6 is 0 Å². The Morgan fingerprint density at radius 2 is 2.31 bits per heavy atom. The molecule has 1 aromatic carbocycles. The highest BCUT2D eigenvalue weighted by Crippen LogP contribution is 2.18. The van der Waals surface area contributed by atoms with Gasteiger partial charge >= 0.3 is 5.97 Å². The van der Waals surface area contributed by atoms with E-state index in [-0.39, 0.29) is 6.54 Å². The van der Waals surface area contributed by atoms with Crippen molar-refractivity contribution < 1.29 is 18.8 Å². The molecule has 0 aliphatic carbocycles. The predicted octanol–water partition coefficient (Wildman–Crippen LogP) is 0.215. The Balaban J connectivity index is 2.98. The number of benzene rings is 1. The molecule has 5 nitrogen and oxygen atoms in total. The van der Waals surface area contributed by atoms with Gasteiger partial charge in [0.2, 0.25) is 0 Å². The van der Waals surface area contributed by atoms with Crippen molar-refractivity contribution >= 4 is 16.8 Å². The zero-order valence-electron chi connectivity index (χ0n) is 8.75. The first-order valence-corrected chi connectivity index (χ1v) is 5.79. The molecule has 88 valence electrons. The van der Waals surface area contributed by atoms with Gasteiger partial charge in [0.05, 0.1) is 17.9 Å². The topological polar surface area (TPSA) is 89.6 Å². The molecule has 0 aliphatic heterocycles. The van der Waals surface area contributed by atoms with E-state index in [1.165, 1.54) is 7.11 Å². The SMILES string of the molecule is COc1cccc(S(=O)C(CN)C(=O)O)c1. The van der Waals surface area contributed by atoms with Crippen LogP contribution in [0.3, 0.4) is 0 Å². The standard InChI is InChI=1S/C10H13NO4S/c1-15-7-3-2-4-8(5-7)16(14)9(6-11)10(12)13/h2-5,9H,6,11H2,1H3,(H,12,13). The monoisotopic (exact) mass is 243 g/mol. The van der Waals surface area contributed by atoms with Crippen LogP contribution in [0.15, 0.2) is 29.2 Å². The lowest BCUT2D eigenvalue weighted by Crippen LogP contribution is -2.33. The first kappa shape index (κ1) is 12.7. The summed E-state index contributed by atoms with van der Waals surface area (Å²) in [7, 11) is -0.182. The molecular weight excluding hydrogens is 230 g/mol. The van der Waals surface area contributed by atoms with E-state index in [1.54, 1.807) is 24.3 Å². The molecule has 0 heterocycles. The number of nitrogens with two attached hydrogens (primary N) is 1. The molecule has 2 atom stereocenters. The Hall–Kier alpha value is -1.40. The molecular formula is C10H13NO4S. The van der Waals surface area contributed by atoms with Crippen molar-refractivity contribution in [3.05, 3.63) is 24.3 Å². The van der Waals surface area contributed by atoms with Gasteiger partial charge in [-0.25, -0.2) is 0 Å². The molecule has 0 saturated carbocycles. The van der Waals surface area contributed by atoms with E-state index in [1.807, 2.05) is 0 Å². The minimum atomic E-state index is -1.67. The first-order chi connectivity index (χ1) is 7.60. The van der Waals surface area contributed by atoms with Crippen LogP contribution in [-0.2, 0) is 15.6 Å². The molecule has 0 radical (unpaired) electrons. The van der Waals surface area contributed by atoms with E-state index in [0.717, 1.165) is 0 Å². The molecule has 0 saturated heterocycles. The number of carboxylic acids is 1. The number of hydrogen-bond donors (Lipinski definition) is 2. The molecule has 1 rings (SSSR count). The van der Waals surface area contributed by atoms with Crippen LogP contribution in [0.5, 0.6) is 5.75 Å². The Morgan fingerprint density at radius 3 is 2.81 bits per heavy atom. The van der Waals surface area contributed by atoms with Crippen LogP contribution in [0.2, 0.25) is 0 Å². The third kappa shape index (κ3) is 2.80. The number of ether oxygens (including phenoxy) is 1. The number of rotatable bonds is 5. The molecule has 0 aromatic heterocycles. The normalized spacial score (nSPS) is 14.1. The lowest BCUT2D eigenvalue weighted by Gasteiger charge is -2.10. The summed E-state index contributed by atoms with van der Waals surface area (Å²) in [6.07, 6.45) is 0. The lowest BCUT2D eigenvalue weighted by atomic mass is 10.3. The van der Waals surface area contributed by atoms with E-state index in [2.05, 4.69) is 0 Å². The zero-order chi connectivity index (χ0) is 12.1. The molecule has 16 heavy (non-hydrogen) atoms. The van der Waals surface area contributed by atoms with E-state index in [9.17, 15) is 9.00 Å². The van der Waals surface area contributed by atoms with Gasteiger partial charge in [-0.2, -0.15) is 0 Å². The summed E-state index contributed by atoms with van der Waals surface area (Å²) in [5.74, 6) is -0.629. The van der Waals surface area contributed by atoms with Crippen LogP contribution in [-0.4, -0.2) is 34.2 Å². The third-order valence-electron chi connectivity index (χ3n) is 2.02. The molecule has 1 aromatic rings. The van der Waals surface area contributed by atoms with Gasteiger partial charge in [-0.05, 0) is 18.2 Å². The van der Waals surface area contributed by atoms with Crippen molar-refractivity contribution in [1.29, 1.82) is 0 Å². The molecule has 3 N–H and O–H groups in total. The summed E-state index contributed by atoms with van der Waals surface area (Å²) < 4.78 is 16.8. The summed E-state index contributed by atoms with van der Waals surface area (Å²) in [5.41, 5.74) is 5.28.